The topological polar surface area (TPSA) is 72.9 Å². The van der Waals surface area contributed by atoms with E-state index in [1.807, 2.05) is 5.43 Å². The summed E-state index contributed by atoms with van der Waals surface area (Å²) in [5.74, 6) is 3.20. The van der Waals surface area contributed by atoms with Gasteiger partial charge in [0.25, 0.3) is 5.91 Å². The van der Waals surface area contributed by atoms with Crippen LogP contribution in [-0.2, 0) is 17.8 Å². The number of hydrazine groups is 1. The number of nitrogens with one attached hydrogen (secondary N) is 1. The summed E-state index contributed by atoms with van der Waals surface area (Å²) in [5, 5.41) is 5.12. The van der Waals surface area contributed by atoms with Crippen LogP contribution < -0.4 is 11.3 Å². The van der Waals surface area contributed by atoms with Crippen molar-refractivity contribution in [2.75, 3.05) is 6.67 Å². The van der Waals surface area contributed by atoms with Crippen molar-refractivity contribution in [2.45, 2.75) is 13.0 Å². The van der Waals surface area contributed by atoms with Crippen molar-refractivity contribution >= 4 is 22.9 Å². The van der Waals surface area contributed by atoms with Crippen LogP contribution in [0.2, 0.25) is 0 Å². The molecule has 0 saturated heterocycles. The maximum absolute atomic E-state index is 14.0. The van der Waals surface area contributed by atoms with Gasteiger partial charge in [0.2, 0.25) is 0 Å². The highest BCUT2D eigenvalue weighted by molar-refractivity contribution is 5.95. The molecule has 27 heavy (non-hydrogen) atoms. The molecular formula is C19H17F3N4O. The number of nitrogens with zero attached hydrogens (tertiary/aromatic N) is 2. The highest BCUT2D eigenvalue weighted by Crippen LogP contribution is 2.23. The first-order chi connectivity index (χ1) is 13.0. The van der Waals surface area contributed by atoms with E-state index >= 15 is 0 Å². The van der Waals surface area contributed by atoms with Crippen molar-refractivity contribution in [3.05, 3.63) is 70.9 Å². The number of fused-ring (bicyclic) bond motifs is 1. The fourth-order valence-corrected chi connectivity index (χ4v) is 2.77. The van der Waals surface area contributed by atoms with Gasteiger partial charge in [0.05, 0.1) is 24.4 Å². The lowest BCUT2D eigenvalue weighted by Gasteiger charge is -2.06. The van der Waals surface area contributed by atoms with E-state index < -0.39 is 24.2 Å². The van der Waals surface area contributed by atoms with Crippen LogP contribution >= 0.6 is 0 Å². The molecule has 2 aromatic carbocycles. The van der Waals surface area contributed by atoms with Gasteiger partial charge in [-0.3, -0.25) is 19.3 Å². The number of nitrogens with two attached hydrogens (primary N) is 1. The third kappa shape index (κ3) is 4.17. The maximum atomic E-state index is 14.0. The molecule has 0 saturated carbocycles. The Labute approximate surface area is 153 Å². The fraction of sp³-hybridized carbons (Fsp3) is 0.158. The monoisotopic (exact) mass is 374 g/mol. The standard InChI is InChI=1S/C19H17F3N4O/c20-8-7-12-1-4-15-17(5-6-19(27)24-23)25-26(18(15)9-12)11-13-2-3-14(21)10-16(13)22/h1-6,9-10H,7-8,11,23H2,(H,24,27). The van der Waals surface area contributed by atoms with E-state index in [4.69, 9.17) is 5.84 Å². The number of hydrogen-bond donors (Lipinski definition) is 2. The zero-order valence-corrected chi connectivity index (χ0v) is 14.3. The maximum Gasteiger partial charge on any atom is 0.257 e. The van der Waals surface area contributed by atoms with Crippen LogP contribution in [0.3, 0.4) is 0 Å². The second-order valence-corrected chi connectivity index (χ2v) is 5.91. The highest BCUT2D eigenvalue weighted by Gasteiger charge is 2.12. The summed E-state index contributed by atoms with van der Waals surface area (Å²) >= 11 is 0. The number of alkyl halides is 1. The smallest absolute Gasteiger partial charge is 0.257 e. The van der Waals surface area contributed by atoms with Crippen LogP contribution in [0.25, 0.3) is 17.0 Å². The summed E-state index contributed by atoms with van der Waals surface area (Å²) in [6.45, 7) is -0.450. The van der Waals surface area contributed by atoms with Crippen LogP contribution in [-0.4, -0.2) is 22.4 Å². The lowest BCUT2D eigenvalue weighted by Crippen LogP contribution is -2.27. The third-order valence-corrected chi connectivity index (χ3v) is 4.10. The summed E-state index contributed by atoms with van der Waals surface area (Å²) < 4.78 is 41.4. The Kier molecular flexibility index (Phi) is 5.56. The molecule has 0 aliphatic heterocycles. The molecule has 0 atom stereocenters. The molecule has 3 rings (SSSR count). The second-order valence-electron chi connectivity index (χ2n) is 5.91. The zero-order chi connectivity index (χ0) is 19.4. The van der Waals surface area contributed by atoms with Gasteiger partial charge in [-0.05, 0) is 23.8 Å². The molecule has 8 heteroatoms. The lowest BCUT2D eigenvalue weighted by molar-refractivity contribution is -0.116. The minimum absolute atomic E-state index is 0.0542. The van der Waals surface area contributed by atoms with Gasteiger partial charge in [0, 0.05) is 29.5 Å². The minimum Gasteiger partial charge on any atom is -0.291 e. The van der Waals surface area contributed by atoms with Gasteiger partial charge >= 0.3 is 0 Å². The van der Waals surface area contributed by atoms with Gasteiger partial charge in [-0.1, -0.05) is 18.2 Å². The molecule has 0 unspecified atom stereocenters. The summed E-state index contributed by atoms with van der Waals surface area (Å²) in [6.07, 6.45) is 2.95. The van der Waals surface area contributed by atoms with Crippen molar-refractivity contribution in [3.8, 4) is 0 Å². The largest absolute Gasteiger partial charge is 0.291 e. The summed E-state index contributed by atoms with van der Waals surface area (Å²) in [5.41, 5.74) is 4.13. The number of rotatable bonds is 6. The number of amides is 1. The van der Waals surface area contributed by atoms with Crippen LogP contribution in [0.5, 0.6) is 0 Å². The van der Waals surface area contributed by atoms with Gasteiger partial charge in [-0.25, -0.2) is 14.6 Å². The number of halogens is 3. The first-order valence-corrected chi connectivity index (χ1v) is 8.20. The fourth-order valence-electron chi connectivity index (χ4n) is 2.77. The molecule has 1 heterocycles. The van der Waals surface area contributed by atoms with Crippen LogP contribution in [0.4, 0.5) is 13.2 Å². The first-order valence-electron chi connectivity index (χ1n) is 8.20. The molecule has 0 fully saturated rings. The normalized spacial score (nSPS) is 11.4. The van der Waals surface area contributed by atoms with E-state index in [0.29, 0.717) is 16.6 Å². The molecule has 0 aliphatic rings. The molecule has 0 bridgehead atoms. The Balaban J connectivity index is 2.07. The lowest BCUT2D eigenvalue weighted by atomic mass is 10.1. The Morgan fingerprint density at radius 3 is 2.74 bits per heavy atom. The highest BCUT2D eigenvalue weighted by atomic mass is 19.1. The number of carbonyl (C=O) groups is 1. The molecule has 3 aromatic rings. The van der Waals surface area contributed by atoms with Gasteiger partial charge in [-0.15, -0.1) is 0 Å². The molecule has 0 aliphatic carbocycles. The van der Waals surface area contributed by atoms with Gasteiger partial charge in [0.15, 0.2) is 0 Å². The summed E-state index contributed by atoms with van der Waals surface area (Å²) in [6, 6.07) is 8.63. The quantitative estimate of drug-likeness (QED) is 0.302. The summed E-state index contributed by atoms with van der Waals surface area (Å²) in [7, 11) is 0. The Hall–Kier alpha value is -3.13. The first kappa shape index (κ1) is 18.7. The molecule has 5 nitrogen and oxygen atoms in total. The summed E-state index contributed by atoms with van der Waals surface area (Å²) in [4.78, 5) is 11.4. The van der Waals surface area contributed by atoms with Crippen molar-refractivity contribution in [3.63, 3.8) is 0 Å². The van der Waals surface area contributed by atoms with Gasteiger partial charge < -0.3 is 0 Å². The number of aromatic nitrogens is 2. The number of aryl methyl sites for hydroxylation is 1. The third-order valence-electron chi connectivity index (χ3n) is 4.10. The molecule has 1 aromatic heterocycles. The Morgan fingerprint density at radius 1 is 1.22 bits per heavy atom. The van der Waals surface area contributed by atoms with Crippen LogP contribution in [0.1, 0.15) is 16.8 Å². The van der Waals surface area contributed by atoms with E-state index in [0.717, 1.165) is 11.6 Å². The molecule has 1 amide bonds. The van der Waals surface area contributed by atoms with Crippen molar-refractivity contribution in [2.24, 2.45) is 5.84 Å². The van der Waals surface area contributed by atoms with Crippen molar-refractivity contribution in [1.29, 1.82) is 0 Å². The molecule has 3 N–H and O–H groups in total. The van der Waals surface area contributed by atoms with Crippen molar-refractivity contribution in [1.82, 2.24) is 15.2 Å². The van der Waals surface area contributed by atoms with Gasteiger partial charge in [-0.2, -0.15) is 5.10 Å². The molecule has 0 spiro atoms. The van der Waals surface area contributed by atoms with Gasteiger partial charge in [0.1, 0.15) is 11.6 Å². The van der Waals surface area contributed by atoms with Crippen LogP contribution in [0, 0.1) is 11.6 Å². The Morgan fingerprint density at radius 2 is 2.04 bits per heavy atom. The average Bonchev–Trinajstić information content (AvgIpc) is 2.99. The molecule has 140 valence electrons. The zero-order valence-electron chi connectivity index (χ0n) is 14.3. The predicted octanol–water partition coefficient (Wildman–Crippen LogP) is 2.88. The van der Waals surface area contributed by atoms with E-state index in [-0.39, 0.29) is 18.5 Å². The molecule has 0 radical (unpaired) electrons. The second kappa shape index (κ2) is 8.05. The minimum atomic E-state index is -0.682. The van der Waals surface area contributed by atoms with E-state index in [1.165, 1.54) is 29.0 Å². The predicted molar refractivity (Wildman–Crippen MR) is 96.2 cm³/mol. The SMILES string of the molecule is NNC(=O)C=Cc1nn(Cc2ccc(F)cc2F)c2cc(CCF)ccc12. The number of hydrogen-bond acceptors (Lipinski definition) is 3. The van der Waals surface area contributed by atoms with E-state index in [1.54, 1.807) is 18.2 Å². The van der Waals surface area contributed by atoms with Crippen LogP contribution in [0.15, 0.2) is 42.5 Å². The van der Waals surface area contributed by atoms with E-state index in [9.17, 15) is 18.0 Å². The Bertz CT molecular complexity index is 1010. The van der Waals surface area contributed by atoms with E-state index in [2.05, 4.69) is 5.10 Å². The average molecular weight is 374 g/mol. The molecular weight excluding hydrogens is 357 g/mol. The number of carbonyl (C=O) groups excluding carboxylic acids is 1. The number of benzene rings is 2. The van der Waals surface area contributed by atoms with Crippen molar-refractivity contribution < 1.29 is 18.0 Å².